The first-order chi connectivity index (χ1) is 17.9. The summed E-state index contributed by atoms with van der Waals surface area (Å²) < 4.78 is 29.4. The lowest BCUT2D eigenvalue weighted by Crippen LogP contribution is -2.52. The molecule has 38 heavy (non-hydrogen) atoms. The minimum atomic E-state index is -4.14. The summed E-state index contributed by atoms with van der Waals surface area (Å²) in [6, 6.07) is 19.1. The number of anilines is 1. The van der Waals surface area contributed by atoms with E-state index in [4.69, 9.17) is 11.6 Å². The number of nitrogens with one attached hydrogen (secondary N) is 1. The van der Waals surface area contributed by atoms with Crippen LogP contribution in [-0.2, 0) is 26.2 Å². The monoisotopic (exact) mass is 619 g/mol. The molecule has 0 saturated heterocycles. The molecular formula is C28H31BrClN3O4S. The summed E-state index contributed by atoms with van der Waals surface area (Å²) in [6.45, 7) is 6.70. The fourth-order valence-corrected chi connectivity index (χ4v) is 5.63. The summed E-state index contributed by atoms with van der Waals surface area (Å²) in [5.74, 6) is -0.864. The first kappa shape index (κ1) is 29.7. The van der Waals surface area contributed by atoms with Crippen LogP contribution in [0.25, 0.3) is 0 Å². The van der Waals surface area contributed by atoms with Gasteiger partial charge in [0.1, 0.15) is 12.6 Å². The van der Waals surface area contributed by atoms with E-state index in [9.17, 15) is 18.0 Å². The molecule has 3 aromatic rings. The molecule has 0 bridgehead atoms. The minimum absolute atomic E-state index is 0.0366. The van der Waals surface area contributed by atoms with E-state index < -0.39 is 28.5 Å². The molecule has 0 unspecified atom stereocenters. The molecule has 0 aliphatic carbocycles. The Balaban J connectivity index is 2.04. The Kier molecular flexibility index (Phi) is 9.98. The van der Waals surface area contributed by atoms with Crippen LogP contribution in [0.15, 0.2) is 82.2 Å². The third-order valence-corrected chi connectivity index (χ3v) is 8.64. The van der Waals surface area contributed by atoms with Crippen LogP contribution in [0.1, 0.15) is 31.9 Å². The second-order valence-corrected chi connectivity index (χ2v) is 12.4. The quantitative estimate of drug-likeness (QED) is 0.322. The molecule has 1 atom stereocenters. The molecule has 0 fully saturated rings. The predicted molar refractivity (Wildman–Crippen MR) is 155 cm³/mol. The van der Waals surface area contributed by atoms with Crippen LogP contribution < -0.4 is 9.62 Å². The van der Waals surface area contributed by atoms with E-state index in [-0.39, 0.29) is 29.1 Å². The Labute approximate surface area is 238 Å². The number of benzene rings is 3. The molecule has 3 aromatic carbocycles. The van der Waals surface area contributed by atoms with Crippen molar-refractivity contribution >= 4 is 55.1 Å². The molecule has 0 aliphatic rings. The van der Waals surface area contributed by atoms with Crippen molar-refractivity contribution < 1.29 is 18.0 Å². The van der Waals surface area contributed by atoms with Crippen molar-refractivity contribution in [3.05, 3.63) is 93.4 Å². The third kappa shape index (κ3) is 7.36. The standard InChI is InChI=1S/C28H31BrClN3O4S/c1-19(2)31-28(35)21(4)32(17-22-11-13-23(29)14-12-22)27(34)18-33(24-15-10-20(3)26(30)16-24)38(36,37)25-8-6-5-7-9-25/h5-16,19,21H,17-18H2,1-4H3,(H,31,35)/t21-/m1/s1. The van der Waals surface area contributed by atoms with Gasteiger partial charge in [-0.05, 0) is 75.2 Å². The van der Waals surface area contributed by atoms with Crippen LogP contribution in [0, 0.1) is 6.92 Å². The van der Waals surface area contributed by atoms with Crippen LogP contribution in [0.3, 0.4) is 0 Å². The molecule has 0 saturated carbocycles. The zero-order valence-corrected chi connectivity index (χ0v) is 24.8. The Hall–Kier alpha value is -2.88. The Morgan fingerprint density at radius 2 is 1.61 bits per heavy atom. The second kappa shape index (κ2) is 12.8. The third-order valence-electron chi connectivity index (χ3n) is 5.92. The van der Waals surface area contributed by atoms with Gasteiger partial charge >= 0.3 is 0 Å². The minimum Gasteiger partial charge on any atom is -0.352 e. The first-order valence-electron chi connectivity index (χ1n) is 12.1. The highest BCUT2D eigenvalue weighted by Crippen LogP contribution is 2.28. The van der Waals surface area contributed by atoms with Gasteiger partial charge in [0.2, 0.25) is 11.8 Å². The number of hydrogen-bond acceptors (Lipinski definition) is 4. The molecule has 0 radical (unpaired) electrons. The molecule has 2 amide bonds. The maximum absolute atomic E-state index is 13.9. The van der Waals surface area contributed by atoms with E-state index in [1.54, 1.807) is 37.3 Å². The van der Waals surface area contributed by atoms with E-state index in [0.717, 1.165) is 19.9 Å². The fraction of sp³-hybridized carbons (Fsp3) is 0.286. The van der Waals surface area contributed by atoms with E-state index in [1.165, 1.54) is 23.1 Å². The van der Waals surface area contributed by atoms with E-state index in [1.807, 2.05) is 45.0 Å². The van der Waals surface area contributed by atoms with E-state index in [2.05, 4.69) is 21.2 Å². The highest BCUT2D eigenvalue weighted by Gasteiger charge is 2.32. The van der Waals surface area contributed by atoms with Gasteiger partial charge in [-0.25, -0.2) is 8.42 Å². The van der Waals surface area contributed by atoms with Gasteiger partial charge in [-0.3, -0.25) is 13.9 Å². The van der Waals surface area contributed by atoms with Gasteiger partial charge in [-0.1, -0.05) is 63.9 Å². The summed E-state index contributed by atoms with van der Waals surface area (Å²) in [7, 11) is -4.14. The maximum atomic E-state index is 13.9. The highest BCUT2D eigenvalue weighted by atomic mass is 79.9. The van der Waals surface area contributed by atoms with Gasteiger partial charge < -0.3 is 10.2 Å². The topological polar surface area (TPSA) is 86.8 Å². The van der Waals surface area contributed by atoms with Crippen LogP contribution >= 0.6 is 27.5 Å². The van der Waals surface area contributed by atoms with Gasteiger partial charge in [-0.2, -0.15) is 0 Å². The van der Waals surface area contributed by atoms with Gasteiger partial charge in [0, 0.05) is 22.1 Å². The van der Waals surface area contributed by atoms with E-state index in [0.29, 0.717) is 5.02 Å². The normalized spacial score (nSPS) is 12.2. The highest BCUT2D eigenvalue weighted by molar-refractivity contribution is 9.10. The lowest BCUT2D eigenvalue weighted by atomic mass is 10.1. The van der Waals surface area contributed by atoms with Crippen LogP contribution in [0.4, 0.5) is 5.69 Å². The zero-order chi connectivity index (χ0) is 28.0. The van der Waals surface area contributed by atoms with Gasteiger partial charge in [-0.15, -0.1) is 0 Å². The van der Waals surface area contributed by atoms with Crippen LogP contribution in [0.2, 0.25) is 5.02 Å². The molecule has 202 valence electrons. The average molecular weight is 621 g/mol. The first-order valence-corrected chi connectivity index (χ1v) is 14.7. The van der Waals surface area contributed by atoms with Crippen molar-refractivity contribution in [1.82, 2.24) is 10.2 Å². The lowest BCUT2D eigenvalue weighted by molar-refractivity contribution is -0.139. The Bertz CT molecular complexity index is 1380. The summed E-state index contributed by atoms with van der Waals surface area (Å²) in [5, 5.41) is 3.21. The SMILES string of the molecule is Cc1ccc(N(CC(=O)N(Cc2ccc(Br)cc2)[C@H](C)C(=O)NC(C)C)S(=O)(=O)c2ccccc2)cc1Cl. The number of rotatable bonds is 10. The van der Waals surface area contributed by atoms with Crippen molar-refractivity contribution in [1.29, 1.82) is 0 Å². The van der Waals surface area contributed by atoms with Crippen LogP contribution in [-0.4, -0.2) is 43.8 Å². The van der Waals surface area contributed by atoms with Crippen molar-refractivity contribution in [2.45, 2.75) is 51.2 Å². The molecule has 0 spiro atoms. The predicted octanol–water partition coefficient (Wildman–Crippen LogP) is 5.55. The molecule has 0 aliphatic heterocycles. The number of amides is 2. The summed E-state index contributed by atoms with van der Waals surface area (Å²) >= 11 is 9.74. The molecule has 0 aromatic heterocycles. The summed E-state index contributed by atoms with van der Waals surface area (Å²) in [4.78, 5) is 28.2. The Morgan fingerprint density at radius 1 is 0.974 bits per heavy atom. The number of aryl methyl sites for hydroxylation is 1. The van der Waals surface area contributed by atoms with Gasteiger partial charge in [0.15, 0.2) is 0 Å². The number of carbonyl (C=O) groups is 2. The van der Waals surface area contributed by atoms with Crippen molar-refractivity contribution in [2.24, 2.45) is 0 Å². The summed E-state index contributed by atoms with van der Waals surface area (Å²) in [5.41, 5.74) is 1.82. The van der Waals surface area contributed by atoms with Crippen molar-refractivity contribution in [2.75, 3.05) is 10.8 Å². The molecule has 7 nitrogen and oxygen atoms in total. The molecule has 0 heterocycles. The van der Waals surface area contributed by atoms with Crippen LogP contribution in [0.5, 0.6) is 0 Å². The number of carbonyl (C=O) groups excluding carboxylic acids is 2. The zero-order valence-electron chi connectivity index (χ0n) is 21.7. The molecule has 10 heteroatoms. The molecular weight excluding hydrogens is 590 g/mol. The molecule has 1 N–H and O–H groups in total. The smallest absolute Gasteiger partial charge is 0.264 e. The second-order valence-electron chi connectivity index (χ2n) is 9.25. The molecule has 3 rings (SSSR count). The van der Waals surface area contributed by atoms with Gasteiger partial charge in [0.05, 0.1) is 10.6 Å². The number of sulfonamides is 1. The average Bonchev–Trinajstić information content (AvgIpc) is 2.88. The number of hydrogen-bond donors (Lipinski definition) is 1. The summed E-state index contributed by atoms with van der Waals surface area (Å²) in [6.07, 6.45) is 0. The van der Waals surface area contributed by atoms with Gasteiger partial charge in [0.25, 0.3) is 10.0 Å². The maximum Gasteiger partial charge on any atom is 0.264 e. The lowest BCUT2D eigenvalue weighted by Gasteiger charge is -2.32. The number of halogens is 2. The van der Waals surface area contributed by atoms with Crippen molar-refractivity contribution in [3.8, 4) is 0 Å². The van der Waals surface area contributed by atoms with Crippen molar-refractivity contribution in [3.63, 3.8) is 0 Å². The Morgan fingerprint density at radius 3 is 2.18 bits per heavy atom. The fourth-order valence-electron chi connectivity index (χ4n) is 3.76. The number of nitrogens with zero attached hydrogens (tertiary/aromatic N) is 2. The van der Waals surface area contributed by atoms with E-state index >= 15 is 0 Å². The largest absolute Gasteiger partial charge is 0.352 e.